The van der Waals surface area contributed by atoms with Crippen molar-refractivity contribution in [2.24, 2.45) is 17.2 Å². The van der Waals surface area contributed by atoms with Crippen LogP contribution in [-0.4, -0.2) is 64.8 Å². The van der Waals surface area contributed by atoms with Gasteiger partial charge < -0.3 is 38.3 Å². The summed E-state index contributed by atoms with van der Waals surface area (Å²) in [5.41, 5.74) is 17.3. The van der Waals surface area contributed by atoms with Crippen molar-refractivity contribution in [1.82, 2.24) is 16.0 Å². The molecule has 2 aromatic rings. The summed E-state index contributed by atoms with van der Waals surface area (Å²) in [4.78, 5) is 73.3. The van der Waals surface area contributed by atoms with Crippen molar-refractivity contribution in [3.05, 3.63) is 71.8 Å². The number of benzene rings is 2. The average Bonchev–Trinajstić information content (AvgIpc) is 2.90. The lowest BCUT2D eigenvalue weighted by Crippen LogP contribution is -2.58. The largest absolute Gasteiger partial charge is 0.480 e. The van der Waals surface area contributed by atoms with Crippen molar-refractivity contribution in [2.45, 2.75) is 56.3 Å². The maximum atomic E-state index is 13.5. The summed E-state index contributed by atoms with van der Waals surface area (Å²) in [5.74, 6) is -5.26. The van der Waals surface area contributed by atoms with Gasteiger partial charge in [0.15, 0.2) is 0 Å². The van der Waals surface area contributed by atoms with Gasteiger partial charge >= 0.3 is 5.97 Å². The summed E-state index contributed by atoms with van der Waals surface area (Å²) in [7, 11) is 0. The molecule has 2 aromatic carbocycles. The van der Waals surface area contributed by atoms with Crippen molar-refractivity contribution in [2.75, 3.05) is 0 Å². The SMILES string of the molecule is NC(=O)CCC(NC(=O)C(Cc1ccccc1)NC(=O)C(Cc1ccccc1)NC(=O)C(N)CC(N)=O)C(=O)O. The van der Waals surface area contributed by atoms with Crippen LogP contribution in [0.1, 0.15) is 30.4 Å². The summed E-state index contributed by atoms with van der Waals surface area (Å²) >= 11 is 0. The second-order valence-electron chi connectivity index (χ2n) is 9.18. The van der Waals surface area contributed by atoms with E-state index in [0.29, 0.717) is 11.1 Å². The zero-order chi connectivity index (χ0) is 29.7. The van der Waals surface area contributed by atoms with Crippen LogP contribution in [0.25, 0.3) is 0 Å². The van der Waals surface area contributed by atoms with Crippen LogP contribution in [0.2, 0.25) is 0 Å². The van der Waals surface area contributed by atoms with Gasteiger partial charge in [-0.1, -0.05) is 60.7 Å². The molecule has 0 heterocycles. The normalized spacial score (nSPS) is 13.6. The van der Waals surface area contributed by atoms with Crippen LogP contribution in [0.5, 0.6) is 0 Å². The second-order valence-corrected chi connectivity index (χ2v) is 9.18. The summed E-state index contributed by atoms with van der Waals surface area (Å²) in [5, 5.41) is 17.0. The topological polar surface area (TPSA) is 237 Å². The molecular formula is C27H34N6O7. The predicted molar refractivity (Wildman–Crippen MR) is 144 cm³/mol. The molecule has 40 heavy (non-hydrogen) atoms. The number of carboxylic acids is 1. The molecule has 2 rings (SSSR count). The molecule has 13 nitrogen and oxygen atoms in total. The number of carboxylic acid groups (broad SMARTS) is 1. The first kappa shape index (κ1) is 31.4. The first-order valence-electron chi connectivity index (χ1n) is 12.5. The van der Waals surface area contributed by atoms with Crippen molar-refractivity contribution in [1.29, 1.82) is 0 Å². The first-order valence-corrected chi connectivity index (χ1v) is 12.5. The molecule has 0 radical (unpaired) electrons. The number of amides is 5. The van der Waals surface area contributed by atoms with Crippen molar-refractivity contribution in [3.63, 3.8) is 0 Å². The van der Waals surface area contributed by atoms with E-state index in [0.717, 1.165) is 0 Å². The van der Waals surface area contributed by atoms with Gasteiger partial charge in [-0.05, 0) is 17.5 Å². The summed E-state index contributed by atoms with van der Waals surface area (Å²) in [6, 6.07) is 12.2. The average molecular weight is 555 g/mol. The number of hydrogen-bond donors (Lipinski definition) is 7. The third kappa shape index (κ3) is 10.9. The van der Waals surface area contributed by atoms with Gasteiger partial charge in [0.1, 0.15) is 18.1 Å². The molecule has 13 heteroatoms. The Kier molecular flexibility index (Phi) is 12.3. The number of nitrogens with two attached hydrogens (primary N) is 3. The lowest BCUT2D eigenvalue weighted by atomic mass is 10.0. The molecule has 4 atom stereocenters. The second kappa shape index (κ2) is 15.6. The molecule has 5 amide bonds. The number of hydrogen-bond acceptors (Lipinski definition) is 7. The van der Waals surface area contributed by atoms with Gasteiger partial charge in [-0.2, -0.15) is 0 Å². The summed E-state index contributed by atoms with van der Waals surface area (Å²) in [6.07, 6.45) is -0.936. The monoisotopic (exact) mass is 554 g/mol. The Morgan fingerprint density at radius 3 is 1.48 bits per heavy atom. The number of rotatable bonds is 16. The van der Waals surface area contributed by atoms with Crippen LogP contribution in [0, 0.1) is 0 Å². The molecule has 4 unspecified atom stereocenters. The van der Waals surface area contributed by atoms with Gasteiger partial charge in [0.05, 0.1) is 12.5 Å². The van der Waals surface area contributed by atoms with Gasteiger partial charge in [-0.25, -0.2) is 4.79 Å². The Labute approximate surface area is 230 Å². The fourth-order valence-corrected chi connectivity index (χ4v) is 3.79. The fraction of sp³-hybridized carbons (Fsp3) is 0.333. The molecule has 214 valence electrons. The summed E-state index contributed by atoms with van der Waals surface area (Å²) in [6.45, 7) is 0. The Hall–Kier alpha value is -4.78. The van der Waals surface area contributed by atoms with Gasteiger partial charge in [0, 0.05) is 19.3 Å². The highest BCUT2D eigenvalue weighted by atomic mass is 16.4. The zero-order valence-corrected chi connectivity index (χ0v) is 21.7. The van der Waals surface area contributed by atoms with E-state index < -0.39 is 66.1 Å². The van der Waals surface area contributed by atoms with E-state index in [2.05, 4.69) is 16.0 Å². The summed E-state index contributed by atoms with van der Waals surface area (Å²) < 4.78 is 0. The van der Waals surface area contributed by atoms with Crippen LogP contribution >= 0.6 is 0 Å². The smallest absolute Gasteiger partial charge is 0.326 e. The van der Waals surface area contributed by atoms with Crippen LogP contribution in [0.15, 0.2) is 60.7 Å². The lowest BCUT2D eigenvalue weighted by molar-refractivity contribution is -0.142. The number of aliphatic carboxylic acids is 1. The van der Waals surface area contributed by atoms with Crippen molar-refractivity contribution < 1.29 is 33.9 Å². The Morgan fingerprint density at radius 1 is 0.650 bits per heavy atom. The molecule has 0 aliphatic rings. The minimum Gasteiger partial charge on any atom is -0.480 e. The van der Waals surface area contributed by atoms with E-state index in [-0.39, 0.29) is 25.7 Å². The maximum Gasteiger partial charge on any atom is 0.326 e. The molecule has 0 bridgehead atoms. The van der Waals surface area contributed by atoms with Crippen LogP contribution in [-0.2, 0) is 41.6 Å². The highest BCUT2D eigenvalue weighted by molar-refractivity contribution is 5.95. The number of carbonyl (C=O) groups is 6. The molecule has 0 saturated heterocycles. The fourth-order valence-electron chi connectivity index (χ4n) is 3.79. The van der Waals surface area contributed by atoms with E-state index in [4.69, 9.17) is 17.2 Å². The van der Waals surface area contributed by atoms with Gasteiger partial charge in [0.25, 0.3) is 0 Å². The van der Waals surface area contributed by atoms with Crippen LogP contribution < -0.4 is 33.2 Å². The molecule has 10 N–H and O–H groups in total. The molecule has 0 aliphatic carbocycles. The minimum absolute atomic E-state index is 0.00619. The Balaban J connectivity index is 2.30. The van der Waals surface area contributed by atoms with Crippen LogP contribution in [0.4, 0.5) is 0 Å². The highest BCUT2D eigenvalue weighted by Gasteiger charge is 2.31. The zero-order valence-electron chi connectivity index (χ0n) is 21.7. The Bertz CT molecular complexity index is 1190. The standard InChI is InChI=1S/C27H34N6O7/c28-18(15-23(30)35)24(36)32-20(13-16-7-3-1-4-8-16)26(38)33-21(14-17-9-5-2-6-10-17)25(37)31-19(27(39)40)11-12-22(29)34/h1-10,18-21H,11-15,28H2,(H2,29,34)(H2,30,35)(H,31,37)(H,32,36)(H,33,38)(H,39,40). The third-order valence-electron chi connectivity index (χ3n) is 5.88. The minimum atomic E-state index is -1.43. The number of carbonyl (C=O) groups excluding carboxylic acids is 5. The van der Waals surface area contributed by atoms with Crippen molar-refractivity contribution >= 4 is 35.5 Å². The van der Waals surface area contributed by atoms with Gasteiger partial charge in [-0.3, -0.25) is 24.0 Å². The predicted octanol–water partition coefficient (Wildman–Crippen LogP) is -1.52. The number of nitrogens with one attached hydrogen (secondary N) is 3. The van der Waals surface area contributed by atoms with Crippen LogP contribution in [0.3, 0.4) is 0 Å². The van der Waals surface area contributed by atoms with Gasteiger partial charge in [0.2, 0.25) is 29.5 Å². The maximum absolute atomic E-state index is 13.5. The van der Waals surface area contributed by atoms with E-state index in [1.807, 2.05) is 0 Å². The molecule has 0 saturated carbocycles. The van der Waals surface area contributed by atoms with E-state index in [9.17, 15) is 33.9 Å². The molecule has 0 aliphatic heterocycles. The van der Waals surface area contributed by atoms with Crippen molar-refractivity contribution in [3.8, 4) is 0 Å². The molecule has 0 aromatic heterocycles. The lowest BCUT2D eigenvalue weighted by Gasteiger charge is -2.25. The van der Waals surface area contributed by atoms with E-state index in [1.165, 1.54) is 0 Å². The van der Waals surface area contributed by atoms with Gasteiger partial charge in [-0.15, -0.1) is 0 Å². The quantitative estimate of drug-likeness (QED) is 0.128. The third-order valence-corrected chi connectivity index (χ3v) is 5.88. The molecule has 0 fully saturated rings. The first-order chi connectivity index (χ1) is 19.0. The van der Waals surface area contributed by atoms with E-state index in [1.54, 1.807) is 60.7 Å². The molecular weight excluding hydrogens is 520 g/mol. The molecule has 0 spiro atoms. The van der Waals surface area contributed by atoms with E-state index >= 15 is 0 Å². The number of primary amides is 2. The Morgan fingerprint density at radius 2 is 1.07 bits per heavy atom. The highest BCUT2D eigenvalue weighted by Crippen LogP contribution is 2.08.